The van der Waals surface area contributed by atoms with Crippen LogP contribution in [-0.2, 0) is 9.53 Å². The van der Waals surface area contributed by atoms with Crippen LogP contribution in [0.5, 0.6) is 0 Å². The highest BCUT2D eigenvalue weighted by atomic mass is 16.6. The van der Waals surface area contributed by atoms with Crippen molar-refractivity contribution in [2.24, 2.45) is 5.92 Å². The first kappa shape index (κ1) is 13.9. The Balaban J connectivity index is 1.41. The molecule has 1 aliphatic carbocycles. The molecule has 0 spiro atoms. The summed E-state index contributed by atoms with van der Waals surface area (Å²) in [7, 11) is 0. The highest BCUT2D eigenvalue weighted by Crippen LogP contribution is 2.33. The SMILES string of the molecule is O=C(O)C1(CCCCCCCC2CCCC2)CO1. The first-order chi connectivity index (χ1) is 8.73. The van der Waals surface area contributed by atoms with Gasteiger partial charge >= 0.3 is 5.97 Å². The fourth-order valence-electron chi connectivity index (χ4n) is 3.13. The van der Waals surface area contributed by atoms with E-state index >= 15 is 0 Å². The van der Waals surface area contributed by atoms with Crippen molar-refractivity contribution in [1.29, 1.82) is 0 Å². The van der Waals surface area contributed by atoms with Gasteiger partial charge in [-0.05, 0) is 18.8 Å². The van der Waals surface area contributed by atoms with E-state index in [1.807, 2.05) is 0 Å². The van der Waals surface area contributed by atoms with E-state index in [1.165, 1.54) is 51.4 Å². The van der Waals surface area contributed by atoms with Gasteiger partial charge in [0.05, 0.1) is 6.61 Å². The minimum absolute atomic E-state index is 0.421. The first-order valence-electron chi connectivity index (χ1n) is 7.60. The number of epoxide rings is 1. The molecular weight excluding hydrogens is 228 g/mol. The molecule has 1 N–H and O–H groups in total. The van der Waals surface area contributed by atoms with Crippen LogP contribution in [0.2, 0.25) is 0 Å². The molecule has 2 rings (SSSR count). The second-order valence-corrected chi connectivity index (χ2v) is 6.05. The molecule has 1 unspecified atom stereocenters. The van der Waals surface area contributed by atoms with E-state index < -0.39 is 11.6 Å². The Morgan fingerprint density at radius 2 is 1.72 bits per heavy atom. The lowest BCUT2D eigenvalue weighted by Crippen LogP contribution is -2.23. The van der Waals surface area contributed by atoms with Crippen molar-refractivity contribution in [3.8, 4) is 0 Å². The van der Waals surface area contributed by atoms with Crippen molar-refractivity contribution in [1.82, 2.24) is 0 Å². The molecule has 1 heterocycles. The van der Waals surface area contributed by atoms with Crippen molar-refractivity contribution in [3.63, 3.8) is 0 Å². The Kier molecular flexibility index (Phi) is 5.04. The zero-order chi connectivity index (χ0) is 12.8. The van der Waals surface area contributed by atoms with Gasteiger partial charge < -0.3 is 9.84 Å². The van der Waals surface area contributed by atoms with Gasteiger partial charge in [-0.2, -0.15) is 0 Å². The van der Waals surface area contributed by atoms with Crippen molar-refractivity contribution >= 4 is 5.97 Å². The summed E-state index contributed by atoms with van der Waals surface area (Å²) < 4.78 is 5.05. The van der Waals surface area contributed by atoms with E-state index in [1.54, 1.807) is 0 Å². The predicted octanol–water partition coefficient (Wildman–Crippen LogP) is 3.76. The number of aliphatic carboxylic acids is 1. The minimum Gasteiger partial charge on any atom is -0.479 e. The minimum atomic E-state index is -0.788. The lowest BCUT2D eigenvalue weighted by molar-refractivity contribution is -0.143. The van der Waals surface area contributed by atoms with Crippen LogP contribution in [0.3, 0.4) is 0 Å². The normalized spacial score (nSPS) is 27.6. The number of rotatable bonds is 9. The lowest BCUT2D eigenvalue weighted by atomic mass is 9.98. The van der Waals surface area contributed by atoms with E-state index in [0.717, 1.165) is 18.8 Å². The molecule has 0 bridgehead atoms. The summed E-state index contributed by atoms with van der Waals surface area (Å²) in [6.45, 7) is 0.421. The standard InChI is InChI=1S/C15H26O3/c16-14(17)15(12-18-15)11-7-3-1-2-4-8-13-9-5-6-10-13/h13H,1-12H2,(H,16,17). The zero-order valence-electron chi connectivity index (χ0n) is 11.3. The lowest BCUT2D eigenvalue weighted by Gasteiger charge is -2.08. The van der Waals surface area contributed by atoms with E-state index in [0.29, 0.717) is 13.0 Å². The molecule has 1 saturated heterocycles. The maximum atomic E-state index is 10.9. The highest BCUT2D eigenvalue weighted by molar-refractivity contribution is 5.80. The highest BCUT2D eigenvalue weighted by Gasteiger charge is 2.51. The Morgan fingerprint density at radius 3 is 2.33 bits per heavy atom. The molecule has 3 heteroatoms. The number of carbonyl (C=O) groups is 1. The topological polar surface area (TPSA) is 49.8 Å². The summed E-state index contributed by atoms with van der Waals surface area (Å²) in [5.41, 5.74) is -0.788. The third-order valence-corrected chi connectivity index (χ3v) is 4.55. The molecule has 2 aliphatic rings. The Bertz CT molecular complexity index is 265. The van der Waals surface area contributed by atoms with Crippen molar-refractivity contribution < 1.29 is 14.6 Å². The van der Waals surface area contributed by atoms with E-state index in [9.17, 15) is 4.79 Å². The number of carboxylic acid groups (broad SMARTS) is 1. The molecule has 0 aromatic heterocycles. The number of hydrogen-bond acceptors (Lipinski definition) is 2. The van der Waals surface area contributed by atoms with Gasteiger partial charge in [0.25, 0.3) is 0 Å². The Morgan fingerprint density at radius 1 is 1.11 bits per heavy atom. The molecule has 1 saturated carbocycles. The van der Waals surface area contributed by atoms with Gasteiger partial charge in [0.2, 0.25) is 0 Å². The summed E-state index contributed by atoms with van der Waals surface area (Å²) in [6.07, 6.45) is 14.0. The van der Waals surface area contributed by atoms with Crippen LogP contribution in [0.15, 0.2) is 0 Å². The predicted molar refractivity (Wildman–Crippen MR) is 70.6 cm³/mol. The molecule has 104 valence electrons. The second-order valence-electron chi connectivity index (χ2n) is 6.05. The number of ether oxygens (including phenoxy) is 1. The average Bonchev–Trinajstić information content (AvgIpc) is 2.97. The summed E-state index contributed by atoms with van der Waals surface area (Å²) in [6, 6.07) is 0. The summed E-state index contributed by atoms with van der Waals surface area (Å²) in [5.74, 6) is 0.240. The molecule has 3 nitrogen and oxygen atoms in total. The zero-order valence-corrected chi connectivity index (χ0v) is 11.3. The molecule has 1 aliphatic heterocycles. The van der Waals surface area contributed by atoms with Gasteiger partial charge in [0.15, 0.2) is 5.60 Å². The third kappa shape index (κ3) is 3.98. The summed E-state index contributed by atoms with van der Waals surface area (Å²) in [5, 5.41) is 8.94. The van der Waals surface area contributed by atoms with Gasteiger partial charge in [-0.25, -0.2) is 4.79 Å². The maximum Gasteiger partial charge on any atom is 0.338 e. The van der Waals surface area contributed by atoms with Crippen LogP contribution in [-0.4, -0.2) is 23.3 Å². The molecule has 0 aromatic carbocycles. The van der Waals surface area contributed by atoms with Crippen LogP contribution in [0.4, 0.5) is 0 Å². The molecule has 1 atom stereocenters. The fourth-order valence-corrected chi connectivity index (χ4v) is 3.13. The molecule has 0 radical (unpaired) electrons. The van der Waals surface area contributed by atoms with Gasteiger partial charge in [0.1, 0.15) is 0 Å². The van der Waals surface area contributed by atoms with Crippen molar-refractivity contribution in [3.05, 3.63) is 0 Å². The third-order valence-electron chi connectivity index (χ3n) is 4.55. The van der Waals surface area contributed by atoms with E-state index in [4.69, 9.17) is 9.84 Å². The number of hydrogen-bond donors (Lipinski definition) is 1. The van der Waals surface area contributed by atoms with Crippen LogP contribution in [0.1, 0.15) is 70.6 Å². The van der Waals surface area contributed by atoms with Crippen LogP contribution in [0, 0.1) is 5.92 Å². The summed E-state index contributed by atoms with van der Waals surface area (Å²) >= 11 is 0. The van der Waals surface area contributed by atoms with E-state index in [2.05, 4.69) is 0 Å². The number of carboxylic acids is 1. The quantitative estimate of drug-likeness (QED) is 0.503. The van der Waals surface area contributed by atoms with Gasteiger partial charge in [-0.1, -0.05) is 57.8 Å². The molecule has 18 heavy (non-hydrogen) atoms. The van der Waals surface area contributed by atoms with Crippen molar-refractivity contribution in [2.75, 3.05) is 6.61 Å². The molecule has 0 aromatic rings. The molecule has 2 fully saturated rings. The molecule has 0 amide bonds. The van der Waals surface area contributed by atoms with Crippen LogP contribution >= 0.6 is 0 Å². The van der Waals surface area contributed by atoms with Crippen LogP contribution in [0.25, 0.3) is 0 Å². The summed E-state index contributed by atoms with van der Waals surface area (Å²) in [4.78, 5) is 10.9. The second kappa shape index (κ2) is 6.55. The van der Waals surface area contributed by atoms with Crippen LogP contribution < -0.4 is 0 Å². The largest absolute Gasteiger partial charge is 0.479 e. The molecular formula is C15H26O3. The van der Waals surface area contributed by atoms with Gasteiger partial charge in [-0.15, -0.1) is 0 Å². The Hall–Kier alpha value is -0.570. The Labute approximate surface area is 110 Å². The van der Waals surface area contributed by atoms with Gasteiger partial charge in [-0.3, -0.25) is 0 Å². The van der Waals surface area contributed by atoms with Crippen molar-refractivity contribution in [2.45, 2.75) is 76.2 Å². The maximum absolute atomic E-state index is 10.9. The fraction of sp³-hybridized carbons (Fsp3) is 0.933. The van der Waals surface area contributed by atoms with Gasteiger partial charge in [0, 0.05) is 0 Å². The van der Waals surface area contributed by atoms with E-state index in [-0.39, 0.29) is 0 Å². The average molecular weight is 254 g/mol. The first-order valence-corrected chi connectivity index (χ1v) is 7.60. The monoisotopic (exact) mass is 254 g/mol. The number of unbranched alkanes of at least 4 members (excludes halogenated alkanes) is 4. The smallest absolute Gasteiger partial charge is 0.338 e.